The molecule has 0 rings (SSSR count). The van der Waals surface area contributed by atoms with Crippen molar-refractivity contribution in [3.8, 4) is 0 Å². The molecule has 0 heterocycles. The molecule has 52 valence electrons. The monoisotopic (exact) mass is 572 g/mol. The molecule has 0 fully saturated rings. The van der Waals surface area contributed by atoms with E-state index in [1.807, 2.05) is 0 Å². The molecule has 0 aromatic carbocycles. The van der Waals surface area contributed by atoms with E-state index in [0.29, 0.717) is 0 Å². The van der Waals surface area contributed by atoms with Gasteiger partial charge in [0.25, 0.3) is 0 Å². The van der Waals surface area contributed by atoms with Gasteiger partial charge in [-0.1, -0.05) is 0 Å². The first-order chi connectivity index (χ1) is 3.46. The van der Waals surface area contributed by atoms with Gasteiger partial charge in [0.2, 0.25) is 0 Å². The van der Waals surface area contributed by atoms with Crippen LogP contribution in [0.25, 0.3) is 0 Å². The summed E-state index contributed by atoms with van der Waals surface area (Å²) in [5.74, 6) is 0. The third-order valence-electron chi connectivity index (χ3n) is 0. The van der Waals surface area contributed by atoms with Crippen molar-refractivity contribution in [1.82, 2.24) is 0 Å². The molecular formula is Ba3O6P2. The first kappa shape index (κ1) is 29.9. The fraction of sp³-hybridized carbons (Fsp3) is 0. The number of hydrogen-bond acceptors (Lipinski definition) is 6. The van der Waals surface area contributed by atoms with E-state index >= 15 is 0 Å². The SMILES string of the molecule is [Ba+2].[Ba+2].[Ba+2].[O-]P([O-])[O-].[O-]P([O-])[O-]. The normalized spacial score (nSPS) is 6.55. The Morgan fingerprint density at radius 2 is 0.455 bits per heavy atom. The van der Waals surface area contributed by atoms with E-state index in [-0.39, 0.29) is 147 Å². The van der Waals surface area contributed by atoms with E-state index < -0.39 is 17.2 Å². The molecule has 0 aliphatic carbocycles. The van der Waals surface area contributed by atoms with Gasteiger partial charge in [-0.15, -0.1) is 0 Å². The van der Waals surface area contributed by atoms with Gasteiger partial charge in [0.1, 0.15) is 0 Å². The molecule has 0 saturated carbocycles. The van der Waals surface area contributed by atoms with Crippen molar-refractivity contribution in [2.45, 2.75) is 0 Å². The van der Waals surface area contributed by atoms with Gasteiger partial charge in [-0.3, -0.25) is 0 Å². The Labute approximate surface area is 187 Å². The van der Waals surface area contributed by atoms with E-state index in [2.05, 4.69) is 0 Å². The van der Waals surface area contributed by atoms with E-state index in [1.54, 1.807) is 0 Å². The molecule has 0 aliphatic heterocycles. The van der Waals surface area contributed by atoms with Crippen LogP contribution in [0.2, 0.25) is 0 Å². The summed E-state index contributed by atoms with van der Waals surface area (Å²) in [4.78, 5) is 50.9. The molecule has 6 nitrogen and oxygen atoms in total. The second kappa shape index (κ2) is 24.5. The fourth-order valence-electron chi connectivity index (χ4n) is 0. The third-order valence-corrected chi connectivity index (χ3v) is 0. The van der Waals surface area contributed by atoms with Crippen molar-refractivity contribution in [1.29, 1.82) is 0 Å². The average Bonchev–Trinajstić information content (AvgIpc) is 1.25. The van der Waals surface area contributed by atoms with Gasteiger partial charge in [-0.25, -0.2) is 0 Å². The van der Waals surface area contributed by atoms with Crippen molar-refractivity contribution in [2.24, 2.45) is 0 Å². The predicted octanol–water partition coefficient (Wildman–Crippen LogP) is -6.55. The first-order valence-electron chi connectivity index (χ1n) is 1.10. The van der Waals surface area contributed by atoms with E-state index in [0.717, 1.165) is 0 Å². The summed E-state index contributed by atoms with van der Waals surface area (Å²) in [5, 5.41) is 0. The van der Waals surface area contributed by atoms with E-state index in [1.165, 1.54) is 0 Å². The van der Waals surface area contributed by atoms with Crippen LogP contribution in [0.5, 0.6) is 0 Å². The maximum absolute atomic E-state index is 8.48. The second-order valence-electron chi connectivity index (χ2n) is 0.447. The second-order valence-corrected chi connectivity index (χ2v) is 1.34. The van der Waals surface area contributed by atoms with Gasteiger partial charge in [-0.2, -0.15) is 0 Å². The van der Waals surface area contributed by atoms with Crippen molar-refractivity contribution in [3.63, 3.8) is 0 Å². The molecule has 0 aromatic heterocycles. The Kier molecular flexibility index (Phi) is 66.7. The van der Waals surface area contributed by atoms with Crippen LogP contribution in [0, 0.1) is 0 Å². The van der Waals surface area contributed by atoms with Crippen LogP contribution in [0.3, 0.4) is 0 Å². The van der Waals surface area contributed by atoms with Gasteiger partial charge >= 0.3 is 147 Å². The summed E-state index contributed by atoms with van der Waals surface area (Å²) >= 11 is 0. The molecule has 0 bridgehead atoms. The predicted molar refractivity (Wildman–Crippen MR) is 31.1 cm³/mol. The zero-order valence-electron chi connectivity index (χ0n) is 5.47. The summed E-state index contributed by atoms with van der Waals surface area (Å²) in [5.41, 5.74) is 0. The van der Waals surface area contributed by atoms with Crippen molar-refractivity contribution in [2.75, 3.05) is 0 Å². The zero-order chi connectivity index (χ0) is 7.15. The van der Waals surface area contributed by atoms with Crippen LogP contribution >= 0.6 is 17.2 Å². The summed E-state index contributed by atoms with van der Waals surface area (Å²) in [6.07, 6.45) is 0. The summed E-state index contributed by atoms with van der Waals surface area (Å²) in [7, 11) is -6.74. The Balaban J connectivity index is -0.0000000171. The molecular weight excluding hydrogens is 570 g/mol. The Morgan fingerprint density at radius 1 is 0.455 bits per heavy atom. The van der Waals surface area contributed by atoms with E-state index in [4.69, 9.17) is 29.4 Å². The number of rotatable bonds is 0. The van der Waals surface area contributed by atoms with Crippen molar-refractivity contribution in [3.05, 3.63) is 0 Å². The molecule has 0 unspecified atom stereocenters. The summed E-state index contributed by atoms with van der Waals surface area (Å²) in [6.45, 7) is 0. The standard InChI is InChI=1S/3Ba.2O3P/c;;;2*1-4(2)3/q3*+2;2*-3. The largest absolute Gasteiger partial charge is 2.00 e. The summed E-state index contributed by atoms with van der Waals surface area (Å²) in [6, 6.07) is 0. The van der Waals surface area contributed by atoms with Gasteiger partial charge in [0.15, 0.2) is 0 Å². The minimum absolute atomic E-state index is 0. The van der Waals surface area contributed by atoms with Crippen LogP contribution in [-0.4, -0.2) is 147 Å². The molecule has 0 spiro atoms. The number of hydrogen-bond donors (Lipinski definition) is 0. The maximum Gasteiger partial charge on any atom is 2.00 e. The fourth-order valence-corrected chi connectivity index (χ4v) is 0. The Morgan fingerprint density at radius 3 is 0.455 bits per heavy atom. The van der Waals surface area contributed by atoms with Crippen molar-refractivity contribution < 1.29 is 29.4 Å². The quantitative estimate of drug-likeness (QED) is 0.210. The molecule has 11 heteroatoms. The molecule has 0 atom stereocenters. The molecule has 0 amide bonds. The molecule has 0 aromatic rings. The van der Waals surface area contributed by atoms with Crippen LogP contribution < -0.4 is 29.4 Å². The maximum atomic E-state index is 8.48. The van der Waals surface area contributed by atoms with Crippen LogP contribution in [0.1, 0.15) is 0 Å². The van der Waals surface area contributed by atoms with Crippen LogP contribution in [0.15, 0.2) is 0 Å². The third kappa shape index (κ3) is 95.8. The molecule has 0 aliphatic rings. The summed E-state index contributed by atoms with van der Waals surface area (Å²) < 4.78 is 0. The molecule has 0 N–H and O–H groups in total. The topological polar surface area (TPSA) is 138 Å². The molecule has 0 saturated heterocycles. The van der Waals surface area contributed by atoms with Gasteiger partial charge in [0, 0.05) is 0 Å². The smallest absolute Gasteiger partial charge is 0.854 e. The Bertz CT molecular complexity index is 31.3. The minimum atomic E-state index is -3.37. The minimum Gasteiger partial charge on any atom is -0.854 e. The van der Waals surface area contributed by atoms with Gasteiger partial charge in [-0.05, 0) is 0 Å². The molecule has 11 heavy (non-hydrogen) atoms. The molecule has 0 radical (unpaired) electrons. The van der Waals surface area contributed by atoms with Crippen LogP contribution in [0.4, 0.5) is 0 Å². The average molecular weight is 570 g/mol. The van der Waals surface area contributed by atoms with E-state index in [9.17, 15) is 0 Å². The van der Waals surface area contributed by atoms with Crippen LogP contribution in [-0.2, 0) is 0 Å². The zero-order valence-corrected chi connectivity index (χ0v) is 20.6. The van der Waals surface area contributed by atoms with Gasteiger partial charge < -0.3 is 46.6 Å². The van der Waals surface area contributed by atoms with Crippen molar-refractivity contribution >= 4 is 164 Å². The Hall–Kier alpha value is 5.33. The van der Waals surface area contributed by atoms with Gasteiger partial charge in [0.05, 0.1) is 0 Å². The first-order valence-corrected chi connectivity index (χ1v) is 3.29.